The van der Waals surface area contributed by atoms with E-state index in [9.17, 15) is 0 Å². The SMILES string of the molecule is CCC(CC)C1=CCC=CC=C1. The van der Waals surface area contributed by atoms with Gasteiger partial charge in [0.05, 0.1) is 0 Å². The zero-order valence-electron chi connectivity index (χ0n) is 8.09. The molecular weight excluding hydrogens is 144 g/mol. The van der Waals surface area contributed by atoms with Gasteiger partial charge in [-0.3, -0.25) is 0 Å². The van der Waals surface area contributed by atoms with Crippen molar-refractivity contribution in [2.45, 2.75) is 33.1 Å². The van der Waals surface area contributed by atoms with Crippen molar-refractivity contribution in [3.05, 3.63) is 36.0 Å². The summed E-state index contributed by atoms with van der Waals surface area (Å²) in [6.45, 7) is 4.53. The number of hydrogen-bond acceptors (Lipinski definition) is 0. The summed E-state index contributed by atoms with van der Waals surface area (Å²) >= 11 is 0. The molecule has 0 aromatic heterocycles. The summed E-state index contributed by atoms with van der Waals surface area (Å²) in [6, 6.07) is 0. The fourth-order valence-electron chi connectivity index (χ4n) is 1.66. The molecule has 1 rings (SSSR count). The monoisotopic (exact) mass is 162 g/mol. The van der Waals surface area contributed by atoms with Crippen molar-refractivity contribution < 1.29 is 0 Å². The van der Waals surface area contributed by atoms with Crippen molar-refractivity contribution in [3.63, 3.8) is 0 Å². The van der Waals surface area contributed by atoms with Gasteiger partial charge in [-0.1, -0.05) is 44.2 Å². The minimum absolute atomic E-state index is 0.765. The van der Waals surface area contributed by atoms with E-state index in [1.807, 2.05) is 0 Å². The van der Waals surface area contributed by atoms with E-state index in [-0.39, 0.29) is 0 Å². The molecule has 0 nitrogen and oxygen atoms in total. The van der Waals surface area contributed by atoms with Crippen LogP contribution in [0, 0.1) is 5.92 Å². The van der Waals surface area contributed by atoms with E-state index in [1.165, 1.54) is 18.4 Å². The Kier molecular flexibility index (Phi) is 3.86. The quantitative estimate of drug-likeness (QED) is 0.591. The maximum absolute atomic E-state index is 2.34. The summed E-state index contributed by atoms with van der Waals surface area (Å²) < 4.78 is 0. The Morgan fingerprint density at radius 3 is 2.67 bits per heavy atom. The second kappa shape index (κ2) is 4.97. The van der Waals surface area contributed by atoms with Gasteiger partial charge in [0.2, 0.25) is 0 Å². The predicted molar refractivity (Wildman–Crippen MR) is 55.1 cm³/mol. The topological polar surface area (TPSA) is 0 Å². The van der Waals surface area contributed by atoms with E-state index < -0.39 is 0 Å². The first-order valence-corrected chi connectivity index (χ1v) is 4.91. The Morgan fingerprint density at radius 2 is 2.00 bits per heavy atom. The van der Waals surface area contributed by atoms with Gasteiger partial charge in [-0.05, 0) is 30.8 Å². The smallest absolute Gasteiger partial charge is 0.0160 e. The maximum atomic E-state index is 2.34. The average molecular weight is 162 g/mol. The van der Waals surface area contributed by atoms with Gasteiger partial charge in [0.1, 0.15) is 0 Å². The van der Waals surface area contributed by atoms with Crippen molar-refractivity contribution in [1.82, 2.24) is 0 Å². The summed E-state index contributed by atoms with van der Waals surface area (Å²) in [5.41, 5.74) is 1.52. The summed E-state index contributed by atoms with van der Waals surface area (Å²) in [7, 11) is 0. The van der Waals surface area contributed by atoms with Gasteiger partial charge in [-0.15, -0.1) is 0 Å². The third-order valence-electron chi connectivity index (χ3n) is 2.48. The first-order valence-electron chi connectivity index (χ1n) is 4.91. The molecule has 0 aromatic carbocycles. The molecule has 0 spiro atoms. The van der Waals surface area contributed by atoms with E-state index in [4.69, 9.17) is 0 Å². The Morgan fingerprint density at radius 1 is 1.25 bits per heavy atom. The molecule has 1 aliphatic rings. The van der Waals surface area contributed by atoms with E-state index in [0.29, 0.717) is 0 Å². The fraction of sp³-hybridized carbons (Fsp3) is 0.500. The lowest BCUT2D eigenvalue weighted by molar-refractivity contribution is 0.582. The first-order chi connectivity index (χ1) is 5.88. The Hall–Kier alpha value is -0.780. The van der Waals surface area contributed by atoms with Crippen molar-refractivity contribution in [2.75, 3.05) is 0 Å². The molecule has 66 valence electrons. The standard InChI is InChI=1S/C12H18/c1-3-11(4-2)12-9-7-5-6-8-10-12/h5-7,9-11H,3-4,8H2,1-2H3. The van der Waals surface area contributed by atoms with E-state index in [1.54, 1.807) is 0 Å². The number of rotatable bonds is 3. The van der Waals surface area contributed by atoms with Gasteiger partial charge in [0.25, 0.3) is 0 Å². The maximum Gasteiger partial charge on any atom is -0.0160 e. The molecule has 0 amide bonds. The minimum Gasteiger partial charge on any atom is -0.0807 e. The van der Waals surface area contributed by atoms with Crippen LogP contribution in [-0.4, -0.2) is 0 Å². The zero-order valence-corrected chi connectivity index (χ0v) is 8.09. The lowest BCUT2D eigenvalue weighted by atomic mass is 9.93. The van der Waals surface area contributed by atoms with Crippen molar-refractivity contribution in [1.29, 1.82) is 0 Å². The van der Waals surface area contributed by atoms with Gasteiger partial charge >= 0.3 is 0 Å². The van der Waals surface area contributed by atoms with E-state index >= 15 is 0 Å². The molecular formula is C12H18. The van der Waals surface area contributed by atoms with Gasteiger partial charge in [-0.2, -0.15) is 0 Å². The lowest BCUT2D eigenvalue weighted by Gasteiger charge is -2.12. The third-order valence-corrected chi connectivity index (χ3v) is 2.48. The first kappa shape index (κ1) is 9.31. The average Bonchev–Trinajstić information content (AvgIpc) is 2.35. The summed E-state index contributed by atoms with van der Waals surface area (Å²) in [6.07, 6.45) is 14.7. The number of hydrogen-bond donors (Lipinski definition) is 0. The molecule has 0 atom stereocenters. The van der Waals surface area contributed by atoms with Crippen LogP contribution >= 0.6 is 0 Å². The Labute approximate surface area is 75.7 Å². The van der Waals surface area contributed by atoms with Crippen LogP contribution in [0.4, 0.5) is 0 Å². The molecule has 1 aliphatic carbocycles. The summed E-state index contributed by atoms with van der Waals surface area (Å²) in [5, 5.41) is 0. The van der Waals surface area contributed by atoms with Gasteiger partial charge in [-0.25, -0.2) is 0 Å². The molecule has 0 radical (unpaired) electrons. The Bertz CT molecular complexity index is 202. The van der Waals surface area contributed by atoms with E-state index in [2.05, 4.69) is 44.2 Å². The van der Waals surface area contributed by atoms with Crippen molar-refractivity contribution in [2.24, 2.45) is 5.92 Å². The third kappa shape index (κ3) is 2.37. The zero-order chi connectivity index (χ0) is 8.81. The normalized spacial score (nSPS) is 16.4. The van der Waals surface area contributed by atoms with Crippen LogP contribution in [0.1, 0.15) is 33.1 Å². The highest BCUT2D eigenvalue weighted by Crippen LogP contribution is 2.21. The molecule has 0 heterocycles. The summed E-state index contributed by atoms with van der Waals surface area (Å²) in [4.78, 5) is 0. The molecule has 0 saturated heterocycles. The van der Waals surface area contributed by atoms with Crippen molar-refractivity contribution in [3.8, 4) is 0 Å². The Balaban J connectivity index is 2.66. The molecule has 0 heteroatoms. The molecule has 0 unspecified atom stereocenters. The number of allylic oxidation sites excluding steroid dienone is 6. The molecule has 0 bridgehead atoms. The lowest BCUT2D eigenvalue weighted by Crippen LogP contribution is -1.98. The predicted octanol–water partition coefficient (Wildman–Crippen LogP) is 3.87. The minimum atomic E-state index is 0.765. The molecule has 0 aromatic rings. The van der Waals surface area contributed by atoms with Gasteiger partial charge in [0, 0.05) is 0 Å². The molecule has 0 aliphatic heterocycles. The molecule has 0 saturated carbocycles. The van der Waals surface area contributed by atoms with Crippen molar-refractivity contribution >= 4 is 0 Å². The van der Waals surface area contributed by atoms with Crippen LogP contribution in [0.3, 0.4) is 0 Å². The summed E-state index contributed by atoms with van der Waals surface area (Å²) in [5.74, 6) is 0.765. The van der Waals surface area contributed by atoms with Gasteiger partial charge in [0.15, 0.2) is 0 Å². The van der Waals surface area contributed by atoms with Crippen LogP contribution in [0.25, 0.3) is 0 Å². The van der Waals surface area contributed by atoms with Crippen LogP contribution < -0.4 is 0 Å². The van der Waals surface area contributed by atoms with E-state index in [0.717, 1.165) is 12.3 Å². The van der Waals surface area contributed by atoms with Crippen LogP contribution in [-0.2, 0) is 0 Å². The van der Waals surface area contributed by atoms with Crippen LogP contribution in [0.5, 0.6) is 0 Å². The molecule has 12 heavy (non-hydrogen) atoms. The molecule has 0 fully saturated rings. The highest BCUT2D eigenvalue weighted by molar-refractivity contribution is 5.28. The fourth-order valence-corrected chi connectivity index (χ4v) is 1.66. The van der Waals surface area contributed by atoms with Gasteiger partial charge < -0.3 is 0 Å². The highest BCUT2D eigenvalue weighted by Gasteiger charge is 2.06. The largest absolute Gasteiger partial charge is 0.0807 e. The highest BCUT2D eigenvalue weighted by atomic mass is 14.1. The van der Waals surface area contributed by atoms with Crippen LogP contribution in [0.15, 0.2) is 36.0 Å². The second-order valence-corrected chi connectivity index (χ2v) is 3.24. The molecule has 0 N–H and O–H groups in total. The second-order valence-electron chi connectivity index (χ2n) is 3.24. The van der Waals surface area contributed by atoms with Crippen LogP contribution in [0.2, 0.25) is 0 Å².